The Kier molecular flexibility index (Phi) is 2.81. The Morgan fingerprint density at radius 2 is 2.00 bits per heavy atom. The maximum Gasteiger partial charge on any atom is 0.201 e. The number of methoxy groups -OCH3 is 2. The normalized spacial score (nSPS) is 9.57. The van der Waals surface area contributed by atoms with Gasteiger partial charge in [0.25, 0.3) is 0 Å². The van der Waals surface area contributed by atoms with Crippen LogP contribution in [0.15, 0.2) is 12.1 Å². The molecule has 5 nitrogen and oxygen atoms in total. The van der Waals surface area contributed by atoms with Gasteiger partial charge < -0.3 is 20.3 Å². The lowest BCUT2D eigenvalue weighted by Gasteiger charge is -2.11. The van der Waals surface area contributed by atoms with Crippen molar-refractivity contribution in [2.45, 2.75) is 0 Å². The lowest BCUT2D eigenvalue weighted by molar-refractivity contribution is 0.339. The van der Waals surface area contributed by atoms with Crippen molar-refractivity contribution in [2.75, 3.05) is 14.2 Å². The molecule has 0 aliphatic rings. The van der Waals surface area contributed by atoms with Crippen molar-refractivity contribution in [2.24, 2.45) is 5.73 Å². The van der Waals surface area contributed by atoms with E-state index in [4.69, 9.17) is 20.6 Å². The number of nitrogen functional groups attached to an aromatic ring is 1. The summed E-state index contributed by atoms with van der Waals surface area (Å²) in [5.74, 6) is 0.117. The minimum Gasteiger partial charge on any atom is -0.502 e. The maximum atomic E-state index is 9.62. The Morgan fingerprint density at radius 1 is 1.36 bits per heavy atom. The number of hydrogen-bond donors (Lipinski definition) is 3. The molecule has 0 spiro atoms. The van der Waals surface area contributed by atoms with Crippen LogP contribution in [0.1, 0.15) is 5.56 Å². The number of hydrogen-bond acceptors (Lipinski definition) is 4. The molecule has 4 N–H and O–H groups in total. The molecule has 1 rings (SSSR count). The molecule has 0 radical (unpaired) electrons. The molecule has 0 aliphatic carbocycles. The molecule has 5 heteroatoms. The van der Waals surface area contributed by atoms with Crippen molar-refractivity contribution in [1.29, 1.82) is 5.41 Å². The molecule has 0 saturated carbocycles. The standard InChI is InChI=1S/C9H12N2O3/c1-13-6-4-3-5(9(10)11)8(14-2)7(6)12/h3-4,12H,1-2H3,(H3,10,11). The molecule has 0 atom stereocenters. The smallest absolute Gasteiger partial charge is 0.201 e. The molecule has 0 amide bonds. The molecule has 0 bridgehead atoms. The predicted octanol–water partition coefficient (Wildman–Crippen LogP) is 0.693. The van der Waals surface area contributed by atoms with Gasteiger partial charge in [0.15, 0.2) is 11.5 Å². The predicted molar refractivity (Wildman–Crippen MR) is 52.2 cm³/mol. The quantitative estimate of drug-likeness (QED) is 0.490. The molecule has 1 aromatic rings. The van der Waals surface area contributed by atoms with Crippen molar-refractivity contribution in [3.05, 3.63) is 17.7 Å². The second-order valence-corrected chi connectivity index (χ2v) is 2.61. The highest BCUT2D eigenvalue weighted by Gasteiger charge is 2.15. The molecule has 1 aromatic carbocycles. The van der Waals surface area contributed by atoms with Crippen LogP contribution < -0.4 is 15.2 Å². The van der Waals surface area contributed by atoms with Gasteiger partial charge in [0.1, 0.15) is 5.84 Å². The van der Waals surface area contributed by atoms with Crippen molar-refractivity contribution in [1.82, 2.24) is 0 Å². The van der Waals surface area contributed by atoms with Crippen molar-refractivity contribution >= 4 is 5.84 Å². The summed E-state index contributed by atoms with van der Waals surface area (Å²) in [5, 5.41) is 16.9. The number of aromatic hydroxyl groups is 1. The van der Waals surface area contributed by atoms with Gasteiger partial charge in [-0.1, -0.05) is 0 Å². The van der Waals surface area contributed by atoms with Gasteiger partial charge in [-0.05, 0) is 12.1 Å². The van der Waals surface area contributed by atoms with Gasteiger partial charge in [-0.15, -0.1) is 0 Å². The summed E-state index contributed by atoms with van der Waals surface area (Å²) in [7, 11) is 2.82. The topological polar surface area (TPSA) is 88.6 Å². The van der Waals surface area contributed by atoms with Crippen LogP contribution in [0.3, 0.4) is 0 Å². The van der Waals surface area contributed by atoms with Gasteiger partial charge in [0.2, 0.25) is 5.75 Å². The van der Waals surface area contributed by atoms with Gasteiger partial charge >= 0.3 is 0 Å². The molecule has 0 saturated heterocycles. The molecular weight excluding hydrogens is 184 g/mol. The third-order valence-corrected chi connectivity index (χ3v) is 1.81. The van der Waals surface area contributed by atoms with Gasteiger partial charge in [0, 0.05) is 0 Å². The van der Waals surface area contributed by atoms with Crippen molar-refractivity contribution < 1.29 is 14.6 Å². The van der Waals surface area contributed by atoms with E-state index in [0.717, 1.165) is 0 Å². The first-order valence-corrected chi connectivity index (χ1v) is 3.90. The number of rotatable bonds is 3. The van der Waals surface area contributed by atoms with E-state index in [9.17, 15) is 5.11 Å². The first kappa shape index (κ1) is 10.2. The van der Waals surface area contributed by atoms with E-state index in [1.54, 1.807) is 6.07 Å². The largest absolute Gasteiger partial charge is 0.502 e. The highest BCUT2D eigenvalue weighted by atomic mass is 16.5. The van der Waals surface area contributed by atoms with E-state index in [2.05, 4.69) is 0 Å². The highest BCUT2D eigenvalue weighted by Crippen LogP contribution is 2.38. The average molecular weight is 196 g/mol. The van der Waals surface area contributed by atoms with E-state index in [1.807, 2.05) is 0 Å². The van der Waals surface area contributed by atoms with Crippen LogP contribution in [-0.2, 0) is 0 Å². The molecule has 14 heavy (non-hydrogen) atoms. The van der Waals surface area contributed by atoms with Crippen LogP contribution in [0.25, 0.3) is 0 Å². The summed E-state index contributed by atoms with van der Waals surface area (Å²) in [6, 6.07) is 3.08. The summed E-state index contributed by atoms with van der Waals surface area (Å²) in [6.07, 6.45) is 0. The Hall–Kier alpha value is -1.91. The lowest BCUT2D eigenvalue weighted by atomic mass is 10.1. The minimum absolute atomic E-state index is 0.150. The van der Waals surface area contributed by atoms with E-state index in [-0.39, 0.29) is 23.1 Å². The van der Waals surface area contributed by atoms with Gasteiger partial charge in [-0.3, -0.25) is 5.41 Å². The van der Waals surface area contributed by atoms with E-state index in [1.165, 1.54) is 20.3 Å². The van der Waals surface area contributed by atoms with E-state index < -0.39 is 0 Å². The molecule has 0 heterocycles. The van der Waals surface area contributed by atoms with E-state index >= 15 is 0 Å². The fourth-order valence-electron chi connectivity index (χ4n) is 1.14. The van der Waals surface area contributed by atoms with Crippen LogP contribution in [0.5, 0.6) is 17.2 Å². The Labute approximate surface area is 81.6 Å². The third kappa shape index (κ3) is 1.56. The summed E-state index contributed by atoms with van der Waals surface area (Å²) in [4.78, 5) is 0. The van der Waals surface area contributed by atoms with Gasteiger partial charge in [-0.2, -0.15) is 0 Å². The van der Waals surface area contributed by atoms with Crippen LogP contribution in [-0.4, -0.2) is 25.2 Å². The van der Waals surface area contributed by atoms with Crippen molar-refractivity contribution in [3.8, 4) is 17.2 Å². The fraction of sp³-hybridized carbons (Fsp3) is 0.222. The first-order chi connectivity index (χ1) is 6.61. The molecular formula is C9H12N2O3. The summed E-state index contributed by atoms with van der Waals surface area (Å²) in [5.41, 5.74) is 5.64. The fourth-order valence-corrected chi connectivity index (χ4v) is 1.14. The van der Waals surface area contributed by atoms with Gasteiger partial charge in [-0.25, -0.2) is 0 Å². The second kappa shape index (κ2) is 3.87. The van der Waals surface area contributed by atoms with Crippen LogP contribution >= 0.6 is 0 Å². The summed E-state index contributed by atoms with van der Waals surface area (Å²) in [6.45, 7) is 0. The van der Waals surface area contributed by atoms with Gasteiger partial charge in [0.05, 0.1) is 19.8 Å². The monoisotopic (exact) mass is 196 g/mol. The minimum atomic E-state index is -0.167. The average Bonchev–Trinajstić information content (AvgIpc) is 2.17. The zero-order chi connectivity index (χ0) is 10.7. The Balaban J connectivity index is 3.35. The van der Waals surface area contributed by atoms with Crippen LogP contribution in [0, 0.1) is 5.41 Å². The lowest BCUT2D eigenvalue weighted by Crippen LogP contribution is -2.12. The number of amidine groups is 1. The number of phenolic OH excluding ortho intramolecular Hbond substituents is 1. The second-order valence-electron chi connectivity index (χ2n) is 2.61. The first-order valence-electron chi connectivity index (χ1n) is 3.90. The number of phenols is 1. The molecule has 76 valence electrons. The third-order valence-electron chi connectivity index (χ3n) is 1.81. The zero-order valence-corrected chi connectivity index (χ0v) is 8.00. The molecule has 0 fully saturated rings. The zero-order valence-electron chi connectivity index (χ0n) is 8.00. The Morgan fingerprint density at radius 3 is 2.43 bits per heavy atom. The molecule has 0 aliphatic heterocycles. The highest BCUT2D eigenvalue weighted by molar-refractivity contribution is 5.98. The van der Waals surface area contributed by atoms with Crippen LogP contribution in [0.2, 0.25) is 0 Å². The summed E-state index contributed by atoms with van der Waals surface area (Å²) < 4.78 is 9.81. The van der Waals surface area contributed by atoms with E-state index in [0.29, 0.717) is 5.56 Å². The number of benzene rings is 1. The van der Waals surface area contributed by atoms with Crippen molar-refractivity contribution in [3.63, 3.8) is 0 Å². The van der Waals surface area contributed by atoms with Crippen LogP contribution in [0.4, 0.5) is 0 Å². The number of nitrogens with two attached hydrogens (primary N) is 1. The molecule has 0 aromatic heterocycles. The number of nitrogens with one attached hydrogen (secondary N) is 1. The Bertz CT molecular complexity index is 363. The number of ether oxygens (including phenoxy) is 2. The maximum absolute atomic E-state index is 9.62. The molecule has 0 unspecified atom stereocenters. The summed E-state index contributed by atoms with van der Waals surface area (Å²) >= 11 is 0. The SMILES string of the molecule is COc1ccc(C(=N)N)c(OC)c1O.